The lowest BCUT2D eigenvalue weighted by Crippen LogP contribution is -2.56. The zero-order valence-electron chi connectivity index (χ0n) is 14.8. The van der Waals surface area contributed by atoms with Gasteiger partial charge in [-0.15, -0.1) is 12.4 Å². The van der Waals surface area contributed by atoms with Crippen molar-refractivity contribution in [3.63, 3.8) is 0 Å². The lowest BCUT2D eigenvalue weighted by Gasteiger charge is -2.33. The third kappa shape index (κ3) is 5.97. The number of unbranched alkanes of at least 4 members (excludes halogenated alkanes) is 1. The van der Waals surface area contributed by atoms with E-state index in [4.69, 9.17) is 0 Å². The molecule has 0 bridgehead atoms. The molecule has 1 aromatic carbocycles. The van der Waals surface area contributed by atoms with Crippen LogP contribution in [0.25, 0.3) is 0 Å². The number of rotatable bonds is 7. The number of amides is 2. The maximum absolute atomic E-state index is 13.8. The molecule has 1 saturated heterocycles. The van der Waals surface area contributed by atoms with Crippen LogP contribution in [0.15, 0.2) is 24.3 Å². The fraction of sp³-hybridized carbons (Fsp3) is 0.556. The highest BCUT2D eigenvalue weighted by atomic mass is 35.5. The Balaban J connectivity index is 0.00000312. The predicted molar refractivity (Wildman–Crippen MR) is 98.0 cm³/mol. The van der Waals surface area contributed by atoms with Crippen LogP contribution >= 0.6 is 12.4 Å². The second-order valence-electron chi connectivity index (χ2n) is 6.23. The molecule has 25 heavy (non-hydrogen) atoms. The van der Waals surface area contributed by atoms with Crippen LogP contribution in [-0.4, -0.2) is 54.3 Å². The molecule has 0 radical (unpaired) electrons. The minimum absolute atomic E-state index is 0. The first-order chi connectivity index (χ1) is 11.5. The van der Waals surface area contributed by atoms with E-state index in [2.05, 4.69) is 12.2 Å². The summed E-state index contributed by atoms with van der Waals surface area (Å²) in [5.74, 6) is -0.487. The van der Waals surface area contributed by atoms with Gasteiger partial charge < -0.3 is 15.1 Å². The highest BCUT2D eigenvalue weighted by Crippen LogP contribution is 2.14. The van der Waals surface area contributed by atoms with Gasteiger partial charge in [0.1, 0.15) is 5.82 Å². The van der Waals surface area contributed by atoms with Gasteiger partial charge in [-0.05, 0) is 12.5 Å². The maximum atomic E-state index is 13.8. The zero-order chi connectivity index (χ0) is 17.5. The Kier molecular flexibility index (Phi) is 8.86. The first kappa shape index (κ1) is 21.4. The number of halogens is 2. The monoisotopic (exact) mass is 371 g/mol. The number of hydrogen-bond acceptors (Lipinski definition) is 3. The average molecular weight is 372 g/mol. The van der Waals surface area contributed by atoms with E-state index in [9.17, 15) is 14.0 Å². The maximum Gasteiger partial charge on any atom is 0.240 e. The topological polar surface area (TPSA) is 52.7 Å². The van der Waals surface area contributed by atoms with E-state index in [1.807, 2.05) is 0 Å². The molecule has 7 heteroatoms. The Bertz CT molecular complexity index is 585. The smallest absolute Gasteiger partial charge is 0.240 e. The van der Waals surface area contributed by atoms with Gasteiger partial charge in [-0.3, -0.25) is 9.59 Å². The summed E-state index contributed by atoms with van der Waals surface area (Å²) in [6, 6.07) is 5.94. The standard InChI is InChI=1S/C18H26FN3O2.ClH/c1-3-4-10-21(2)17(23)12-16-18(24)22(11-9-20-16)13-14-7-5-6-8-15(14)19;/h5-8,16,20H,3-4,9-13H2,1-2H3;1H. The number of benzene rings is 1. The van der Waals surface area contributed by atoms with Crippen molar-refractivity contribution in [2.45, 2.75) is 38.8 Å². The highest BCUT2D eigenvalue weighted by Gasteiger charge is 2.31. The summed E-state index contributed by atoms with van der Waals surface area (Å²) >= 11 is 0. The molecule has 1 aromatic rings. The minimum Gasteiger partial charge on any atom is -0.346 e. The van der Waals surface area contributed by atoms with Crippen LogP contribution in [0.2, 0.25) is 0 Å². The molecule has 2 amide bonds. The molecule has 1 heterocycles. The molecule has 0 aliphatic carbocycles. The molecule has 1 aliphatic heterocycles. The molecular weight excluding hydrogens is 345 g/mol. The molecule has 5 nitrogen and oxygen atoms in total. The molecule has 0 saturated carbocycles. The molecular formula is C18H27ClFN3O2. The van der Waals surface area contributed by atoms with Crippen molar-refractivity contribution in [2.24, 2.45) is 0 Å². The van der Waals surface area contributed by atoms with Crippen molar-refractivity contribution in [3.05, 3.63) is 35.6 Å². The van der Waals surface area contributed by atoms with Gasteiger partial charge in [0.15, 0.2) is 0 Å². The average Bonchev–Trinajstić information content (AvgIpc) is 2.58. The quantitative estimate of drug-likeness (QED) is 0.799. The fourth-order valence-corrected chi connectivity index (χ4v) is 2.79. The molecule has 1 aliphatic rings. The van der Waals surface area contributed by atoms with Crippen molar-refractivity contribution in [1.29, 1.82) is 0 Å². The Labute approximate surface area is 155 Å². The molecule has 140 valence electrons. The van der Waals surface area contributed by atoms with E-state index in [1.54, 1.807) is 35.0 Å². The third-order valence-electron chi connectivity index (χ3n) is 4.35. The zero-order valence-corrected chi connectivity index (χ0v) is 15.7. The van der Waals surface area contributed by atoms with E-state index >= 15 is 0 Å². The van der Waals surface area contributed by atoms with Crippen molar-refractivity contribution < 1.29 is 14.0 Å². The van der Waals surface area contributed by atoms with Crippen LogP contribution in [0, 0.1) is 5.82 Å². The lowest BCUT2D eigenvalue weighted by molar-refractivity contribution is -0.141. The molecule has 1 atom stereocenters. The molecule has 2 rings (SSSR count). The van der Waals surface area contributed by atoms with Crippen molar-refractivity contribution in [3.8, 4) is 0 Å². The largest absolute Gasteiger partial charge is 0.346 e. The summed E-state index contributed by atoms with van der Waals surface area (Å²) < 4.78 is 13.8. The lowest BCUT2D eigenvalue weighted by atomic mass is 10.1. The normalized spacial score (nSPS) is 17.2. The molecule has 1 fully saturated rings. The third-order valence-corrected chi connectivity index (χ3v) is 4.35. The van der Waals surface area contributed by atoms with Crippen molar-refractivity contribution >= 4 is 24.2 Å². The first-order valence-electron chi connectivity index (χ1n) is 8.52. The Morgan fingerprint density at radius 3 is 2.80 bits per heavy atom. The molecule has 1 unspecified atom stereocenters. The van der Waals surface area contributed by atoms with Gasteiger partial charge in [-0.2, -0.15) is 0 Å². The summed E-state index contributed by atoms with van der Waals surface area (Å²) in [5.41, 5.74) is 0.498. The van der Waals surface area contributed by atoms with Gasteiger partial charge in [0.2, 0.25) is 11.8 Å². The number of nitrogens with one attached hydrogen (secondary N) is 1. The Morgan fingerprint density at radius 2 is 2.12 bits per heavy atom. The number of carbonyl (C=O) groups excluding carboxylic acids is 2. The molecule has 1 N–H and O–H groups in total. The summed E-state index contributed by atoms with van der Waals surface area (Å²) in [4.78, 5) is 28.1. The number of piperazine rings is 1. The van der Waals surface area contributed by atoms with Crippen LogP contribution in [0.3, 0.4) is 0 Å². The Morgan fingerprint density at radius 1 is 1.40 bits per heavy atom. The minimum atomic E-state index is -0.526. The van der Waals surface area contributed by atoms with Crippen LogP contribution in [-0.2, 0) is 16.1 Å². The van der Waals surface area contributed by atoms with Gasteiger partial charge in [-0.25, -0.2) is 4.39 Å². The number of carbonyl (C=O) groups is 2. The van der Waals surface area contributed by atoms with Crippen LogP contribution in [0.1, 0.15) is 31.7 Å². The number of hydrogen-bond donors (Lipinski definition) is 1. The molecule has 0 aromatic heterocycles. The van der Waals surface area contributed by atoms with E-state index < -0.39 is 6.04 Å². The first-order valence-corrected chi connectivity index (χ1v) is 8.52. The highest BCUT2D eigenvalue weighted by molar-refractivity contribution is 5.88. The van der Waals surface area contributed by atoms with Crippen molar-refractivity contribution in [1.82, 2.24) is 15.1 Å². The second-order valence-corrected chi connectivity index (χ2v) is 6.23. The summed E-state index contributed by atoms with van der Waals surface area (Å²) in [7, 11) is 1.77. The van der Waals surface area contributed by atoms with Crippen LogP contribution in [0.5, 0.6) is 0 Å². The summed E-state index contributed by atoms with van der Waals surface area (Å²) in [5, 5.41) is 3.11. The second kappa shape index (κ2) is 10.4. The van der Waals surface area contributed by atoms with Gasteiger partial charge >= 0.3 is 0 Å². The summed E-state index contributed by atoms with van der Waals surface area (Å²) in [6.07, 6.45) is 2.12. The fourth-order valence-electron chi connectivity index (χ4n) is 2.79. The van der Waals surface area contributed by atoms with E-state index in [0.29, 0.717) is 25.2 Å². The van der Waals surface area contributed by atoms with Gasteiger partial charge in [0.05, 0.1) is 12.5 Å². The van der Waals surface area contributed by atoms with E-state index in [1.165, 1.54) is 6.07 Å². The van der Waals surface area contributed by atoms with E-state index in [0.717, 1.165) is 12.8 Å². The predicted octanol–water partition coefficient (Wildman–Crippen LogP) is 2.20. The molecule has 0 spiro atoms. The SMILES string of the molecule is CCCCN(C)C(=O)CC1NCCN(Cc2ccccc2F)C1=O.Cl. The van der Waals surface area contributed by atoms with E-state index in [-0.39, 0.29) is 43.0 Å². The van der Waals surface area contributed by atoms with Gasteiger partial charge in [0.25, 0.3) is 0 Å². The Hall–Kier alpha value is -1.66. The number of nitrogens with zero attached hydrogens (tertiary/aromatic N) is 2. The van der Waals surface area contributed by atoms with Crippen molar-refractivity contribution in [2.75, 3.05) is 26.7 Å². The van der Waals surface area contributed by atoms with Crippen LogP contribution in [0.4, 0.5) is 4.39 Å². The van der Waals surface area contributed by atoms with Gasteiger partial charge in [-0.1, -0.05) is 31.5 Å². The summed E-state index contributed by atoms with van der Waals surface area (Å²) in [6.45, 7) is 4.14. The van der Waals surface area contributed by atoms with Crippen LogP contribution < -0.4 is 5.32 Å². The van der Waals surface area contributed by atoms with Gasteiger partial charge in [0, 0.05) is 38.8 Å².